The first kappa shape index (κ1) is 13.5. The first-order chi connectivity index (χ1) is 8.97. The van der Waals surface area contributed by atoms with Crippen LogP contribution in [0.25, 0.3) is 0 Å². The Kier molecular flexibility index (Phi) is 3.80. The largest absolute Gasteiger partial charge is 0.478 e. The van der Waals surface area contributed by atoms with Crippen LogP contribution in [0.15, 0.2) is 18.2 Å². The van der Waals surface area contributed by atoms with Crippen molar-refractivity contribution < 1.29 is 19.1 Å². The fraction of sp³-hybridized carbons (Fsp3) is 0.385. The summed E-state index contributed by atoms with van der Waals surface area (Å²) in [6.45, 7) is 1.79. The molecule has 1 fully saturated rings. The molecule has 19 heavy (non-hydrogen) atoms. The van der Waals surface area contributed by atoms with E-state index in [-0.39, 0.29) is 17.4 Å². The zero-order valence-electron chi connectivity index (χ0n) is 10.3. The summed E-state index contributed by atoms with van der Waals surface area (Å²) in [6, 6.07) is 4.07. The Morgan fingerprint density at radius 2 is 2.21 bits per heavy atom. The van der Waals surface area contributed by atoms with Crippen LogP contribution in [0.5, 0.6) is 0 Å². The van der Waals surface area contributed by atoms with E-state index >= 15 is 0 Å². The molecule has 1 atom stereocenters. The summed E-state index contributed by atoms with van der Waals surface area (Å²) < 4.78 is 13.5. The molecule has 1 heterocycles. The van der Waals surface area contributed by atoms with Crippen LogP contribution in [-0.4, -0.2) is 35.0 Å². The minimum Gasteiger partial charge on any atom is -0.478 e. The minimum absolute atomic E-state index is 0.150. The molecule has 6 heteroatoms. The highest BCUT2D eigenvalue weighted by Crippen LogP contribution is 2.19. The Bertz CT molecular complexity index is 519. The van der Waals surface area contributed by atoms with Crippen molar-refractivity contribution in [1.82, 2.24) is 4.90 Å². The number of nitrogens with two attached hydrogens (primary N) is 1. The maximum absolute atomic E-state index is 13.5. The van der Waals surface area contributed by atoms with Crippen LogP contribution in [0.2, 0.25) is 0 Å². The van der Waals surface area contributed by atoms with Crippen molar-refractivity contribution in [1.29, 1.82) is 0 Å². The monoisotopic (exact) mass is 266 g/mol. The Labute approximate surface area is 109 Å². The Morgan fingerprint density at radius 3 is 2.74 bits per heavy atom. The van der Waals surface area contributed by atoms with E-state index < -0.39 is 11.8 Å². The molecule has 0 bridgehead atoms. The molecule has 1 aliphatic heterocycles. The highest BCUT2D eigenvalue weighted by molar-refractivity contribution is 5.87. The standard InChI is InChI=1S/C13H15FN2O3/c14-11-5-8(1-2-10(11)13(18)19)6-16-4-3-9(7-16)12(15)17/h1-2,5,9H,3-4,6-7H2,(H2,15,17)(H,18,19). The maximum Gasteiger partial charge on any atom is 0.338 e. The van der Waals surface area contributed by atoms with Gasteiger partial charge in [-0.2, -0.15) is 0 Å². The lowest BCUT2D eigenvalue weighted by atomic mass is 10.1. The van der Waals surface area contributed by atoms with Gasteiger partial charge >= 0.3 is 5.97 Å². The molecule has 0 radical (unpaired) electrons. The number of carbonyl (C=O) groups excluding carboxylic acids is 1. The Hall–Kier alpha value is -1.95. The van der Waals surface area contributed by atoms with Gasteiger partial charge in [0.05, 0.1) is 11.5 Å². The van der Waals surface area contributed by atoms with E-state index in [0.29, 0.717) is 25.1 Å². The third-order valence-corrected chi connectivity index (χ3v) is 3.34. The SMILES string of the molecule is NC(=O)C1CCN(Cc2ccc(C(=O)O)c(F)c2)C1. The van der Waals surface area contributed by atoms with Crippen molar-refractivity contribution in [2.24, 2.45) is 11.7 Å². The molecule has 1 aromatic rings. The number of likely N-dealkylation sites (tertiary alicyclic amines) is 1. The quantitative estimate of drug-likeness (QED) is 0.845. The molecular weight excluding hydrogens is 251 g/mol. The molecule has 1 aromatic carbocycles. The predicted octanol–water partition coefficient (Wildman–Crippen LogP) is 0.831. The topological polar surface area (TPSA) is 83.6 Å². The number of halogens is 1. The number of hydrogen-bond donors (Lipinski definition) is 2. The number of carbonyl (C=O) groups is 2. The summed E-state index contributed by atoms with van der Waals surface area (Å²) in [5.74, 6) is -2.48. The van der Waals surface area contributed by atoms with E-state index in [0.717, 1.165) is 6.54 Å². The van der Waals surface area contributed by atoms with Crippen molar-refractivity contribution in [2.75, 3.05) is 13.1 Å². The van der Waals surface area contributed by atoms with E-state index in [4.69, 9.17) is 10.8 Å². The lowest BCUT2D eigenvalue weighted by Crippen LogP contribution is -2.27. The average molecular weight is 266 g/mol. The van der Waals surface area contributed by atoms with Gasteiger partial charge in [0, 0.05) is 13.1 Å². The predicted molar refractivity (Wildman–Crippen MR) is 65.9 cm³/mol. The Balaban J connectivity index is 2.03. The number of benzene rings is 1. The summed E-state index contributed by atoms with van der Waals surface area (Å²) in [5, 5.41) is 8.73. The van der Waals surface area contributed by atoms with Crippen LogP contribution in [0.4, 0.5) is 4.39 Å². The molecule has 1 amide bonds. The van der Waals surface area contributed by atoms with Gasteiger partial charge in [-0.3, -0.25) is 9.69 Å². The molecule has 0 spiro atoms. The van der Waals surface area contributed by atoms with Gasteiger partial charge in [-0.1, -0.05) is 6.07 Å². The normalized spacial score (nSPS) is 19.5. The summed E-state index contributed by atoms with van der Waals surface area (Å²) in [7, 11) is 0. The average Bonchev–Trinajstić information content (AvgIpc) is 2.77. The third kappa shape index (κ3) is 3.08. The molecule has 102 valence electrons. The summed E-state index contributed by atoms with van der Waals surface area (Å²) in [6.07, 6.45) is 0.713. The fourth-order valence-electron chi connectivity index (χ4n) is 2.30. The van der Waals surface area contributed by atoms with Gasteiger partial charge < -0.3 is 10.8 Å². The number of carboxylic acid groups (broad SMARTS) is 1. The molecule has 0 saturated carbocycles. The highest BCUT2D eigenvalue weighted by Gasteiger charge is 2.26. The van der Waals surface area contributed by atoms with Crippen molar-refractivity contribution in [3.05, 3.63) is 35.1 Å². The van der Waals surface area contributed by atoms with E-state index in [9.17, 15) is 14.0 Å². The molecule has 1 unspecified atom stereocenters. The Morgan fingerprint density at radius 1 is 1.47 bits per heavy atom. The van der Waals surface area contributed by atoms with Gasteiger partial charge in [-0.05, 0) is 30.7 Å². The van der Waals surface area contributed by atoms with Gasteiger partial charge in [0.1, 0.15) is 5.82 Å². The molecular formula is C13H15FN2O3. The van der Waals surface area contributed by atoms with Gasteiger partial charge in [0.25, 0.3) is 0 Å². The number of amides is 1. The lowest BCUT2D eigenvalue weighted by molar-refractivity contribution is -0.121. The van der Waals surface area contributed by atoms with Crippen molar-refractivity contribution in [3.63, 3.8) is 0 Å². The van der Waals surface area contributed by atoms with Crippen LogP contribution < -0.4 is 5.73 Å². The van der Waals surface area contributed by atoms with Crippen LogP contribution in [-0.2, 0) is 11.3 Å². The number of carboxylic acids is 1. The smallest absolute Gasteiger partial charge is 0.338 e. The summed E-state index contributed by atoms with van der Waals surface area (Å²) >= 11 is 0. The highest BCUT2D eigenvalue weighted by atomic mass is 19.1. The maximum atomic E-state index is 13.5. The van der Waals surface area contributed by atoms with Gasteiger partial charge in [-0.15, -0.1) is 0 Å². The molecule has 3 N–H and O–H groups in total. The van der Waals surface area contributed by atoms with Crippen molar-refractivity contribution >= 4 is 11.9 Å². The third-order valence-electron chi connectivity index (χ3n) is 3.34. The van der Waals surface area contributed by atoms with Gasteiger partial charge in [-0.25, -0.2) is 9.18 Å². The lowest BCUT2D eigenvalue weighted by Gasteiger charge is -2.15. The number of nitrogens with zero attached hydrogens (tertiary/aromatic N) is 1. The van der Waals surface area contributed by atoms with Crippen LogP contribution >= 0.6 is 0 Å². The number of rotatable bonds is 4. The molecule has 0 aromatic heterocycles. The number of aromatic carboxylic acids is 1. The molecule has 1 saturated heterocycles. The van der Waals surface area contributed by atoms with Crippen molar-refractivity contribution in [3.8, 4) is 0 Å². The zero-order valence-corrected chi connectivity index (χ0v) is 10.3. The van der Waals surface area contributed by atoms with Gasteiger partial charge in [0.2, 0.25) is 5.91 Å². The molecule has 1 aliphatic rings. The first-order valence-corrected chi connectivity index (χ1v) is 6.00. The second-order valence-electron chi connectivity index (χ2n) is 4.74. The second kappa shape index (κ2) is 5.36. The molecule has 0 aliphatic carbocycles. The van der Waals surface area contributed by atoms with E-state index in [1.807, 2.05) is 4.90 Å². The molecule has 5 nitrogen and oxygen atoms in total. The second-order valence-corrected chi connectivity index (χ2v) is 4.74. The van der Waals surface area contributed by atoms with E-state index in [2.05, 4.69) is 0 Å². The summed E-state index contributed by atoms with van der Waals surface area (Å²) in [4.78, 5) is 23.7. The zero-order chi connectivity index (χ0) is 14.0. The van der Waals surface area contributed by atoms with Gasteiger partial charge in [0.15, 0.2) is 0 Å². The van der Waals surface area contributed by atoms with Crippen LogP contribution in [0.3, 0.4) is 0 Å². The molecule has 2 rings (SSSR count). The van der Waals surface area contributed by atoms with Crippen molar-refractivity contribution in [2.45, 2.75) is 13.0 Å². The summed E-state index contributed by atoms with van der Waals surface area (Å²) in [5.41, 5.74) is 5.59. The van der Waals surface area contributed by atoms with E-state index in [1.54, 1.807) is 6.07 Å². The minimum atomic E-state index is -1.28. The number of hydrogen-bond acceptors (Lipinski definition) is 3. The van der Waals surface area contributed by atoms with E-state index in [1.165, 1.54) is 12.1 Å². The van der Waals surface area contributed by atoms with Crippen LogP contribution in [0.1, 0.15) is 22.3 Å². The first-order valence-electron chi connectivity index (χ1n) is 6.00. The van der Waals surface area contributed by atoms with Crippen LogP contribution in [0, 0.1) is 11.7 Å². The number of primary amides is 1. The fourth-order valence-corrected chi connectivity index (χ4v) is 2.30.